The third-order valence-electron chi connectivity index (χ3n) is 2.03. The molecular formula is C10H14N2O4S. The van der Waals surface area contributed by atoms with Gasteiger partial charge in [-0.05, 0) is 6.92 Å². The third-order valence-corrected chi connectivity index (χ3v) is 2.86. The maximum absolute atomic E-state index is 11.8. The molecule has 1 aromatic heterocycles. The molecule has 6 nitrogen and oxygen atoms in total. The summed E-state index contributed by atoms with van der Waals surface area (Å²) in [6.07, 6.45) is 0. The van der Waals surface area contributed by atoms with Gasteiger partial charge in [-0.3, -0.25) is 4.79 Å². The van der Waals surface area contributed by atoms with Crippen LogP contribution in [0.3, 0.4) is 0 Å². The van der Waals surface area contributed by atoms with E-state index in [9.17, 15) is 9.59 Å². The first-order chi connectivity index (χ1) is 8.06. The summed E-state index contributed by atoms with van der Waals surface area (Å²) in [5, 5.41) is 10.2. The number of carbonyl (C=O) groups excluding carboxylic acids is 1. The number of carboxylic acids is 1. The zero-order valence-electron chi connectivity index (χ0n) is 9.67. The lowest BCUT2D eigenvalue weighted by Gasteiger charge is -2.14. The number of hydrogen-bond acceptors (Lipinski definition) is 5. The van der Waals surface area contributed by atoms with Crippen LogP contribution in [0.15, 0.2) is 5.38 Å². The Hall–Kier alpha value is -1.47. The smallest absolute Gasteiger partial charge is 0.355 e. The van der Waals surface area contributed by atoms with Crippen LogP contribution in [0.5, 0.6) is 0 Å². The lowest BCUT2D eigenvalue weighted by atomic mass is 10.5. The number of carbonyl (C=O) groups is 2. The van der Waals surface area contributed by atoms with Crippen molar-refractivity contribution in [3.63, 3.8) is 0 Å². The van der Waals surface area contributed by atoms with Crippen LogP contribution < -0.4 is 0 Å². The minimum atomic E-state index is -1.13. The van der Waals surface area contributed by atoms with Crippen LogP contribution >= 0.6 is 11.3 Å². The highest BCUT2D eigenvalue weighted by Gasteiger charge is 2.17. The summed E-state index contributed by atoms with van der Waals surface area (Å²) in [6, 6.07) is 0. The highest BCUT2D eigenvalue weighted by Crippen LogP contribution is 2.11. The van der Waals surface area contributed by atoms with Crippen LogP contribution in [0.4, 0.5) is 0 Å². The Morgan fingerprint density at radius 2 is 2.29 bits per heavy atom. The molecular weight excluding hydrogens is 244 g/mol. The van der Waals surface area contributed by atoms with Gasteiger partial charge in [-0.1, -0.05) is 0 Å². The van der Waals surface area contributed by atoms with Gasteiger partial charge in [0.2, 0.25) is 0 Å². The fourth-order valence-corrected chi connectivity index (χ4v) is 1.87. The molecule has 0 saturated heterocycles. The van der Waals surface area contributed by atoms with Gasteiger partial charge < -0.3 is 14.7 Å². The minimum absolute atomic E-state index is 0.100. The molecule has 0 aromatic carbocycles. The Morgan fingerprint density at radius 1 is 1.59 bits per heavy atom. The highest BCUT2D eigenvalue weighted by molar-refractivity contribution is 7.11. The molecule has 0 saturated carbocycles. The summed E-state index contributed by atoms with van der Waals surface area (Å²) in [6.45, 7) is 3.38. The number of hydrogen-bond donors (Lipinski definition) is 1. The second-order valence-corrected chi connectivity index (χ2v) is 4.12. The molecule has 0 bridgehead atoms. The fraction of sp³-hybridized carbons (Fsp3) is 0.500. The molecule has 0 aliphatic rings. The molecule has 0 aliphatic heterocycles. The number of amides is 1. The molecule has 0 atom stereocenters. The molecule has 0 spiro atoms. The number of aromatic carboxylic acids is 1. The SMILES string of the molecule is CCOCCN(C)C(=O)c1nc(C(=O)O)cs1. The predicted octanol–water partition coefficient (Wildman–Crippen LogP) is 0.950. The van der Waals surface area contributed by atoms with Gasteiger partial charge in [-0.2, -0.15) is 0 Å². The largest absolute Gasteiger partial charge is 0.476 e. The summed E-state index contributed by atoms with van der Waals surface area (Å²) in [5.74, 6) is -1.42. The van der Waals surface area contributed by atoms with Gasteiger partial charge >= 0.3 is 5.97 Å². The number of rotatable bonds is 6. The number of carboxylic acid groups (broad SMARTS) is 1. The Morgan fingerprint density at radius 3 is 2.82 bits per heavy atom. The second-order valence-electron chi connectivity index (χ2n) is 3.27. The van der Waals surface area contributed by atoms with E-state index in [2.05, 4.69) is 4.98 Å². The molecule has 1 amide bonds. The number of likely N-dealkylation sites (N-methyl/N-ethyl adjacent to an activating group) is 1. The summed E-state index contributed by atoms with van der Waals surface area (Å²) in [5.41, 5.74) is -0.100. The number of nitrogens with zero attached hydrogens (tertiary/aromatic N) is 2. The van der Waals surface area contributed by atoms with Crippen LogP contribution in [-0.4, -0.2) is 53.7 Å². The molecule has 7 heteroatoms. The highest BCUT2D eigenvalue weighted by atomic mass is 32.1. The lowest BCUT2D eigenvalue weighted by Crippen LogP contribution is -2.30. The van der Waals surface area contributed by atoms with Crippen molar-refractivity contribution in [3.8, 4) is 0 Å². The molecule has 0 aliphatic carbocycles. The lowest BCUT2D eigenvalue weighted by molar-refractivity contribution is 0.0690. The first kappa shape index (κ1) is 13.6. The van der Waals surface area contributed by atoms with Crippen LogP contribution in [0.2, 0.25) is 0 Å². The summed E-state index contributed by atoms with van der Waals surface area (Å²) in [7, 11) is 1.63. The molecule has 1 aromatic rings. The zero-order valence-corrected chi connectivity index (χ0v) is 10.5. The Kier molecular flexibility index (Phi) is 5.05. The van der Waals surface area contributed by atoms with E-state index < -0.39 is 5.97 Å². The number of aromatic nitrogens is 1. The first-order valence-corrected chi connectivity index (χ1v) is 5.96. The molecule has 0 radical (unpaired) electrons. The predicted molar refractivity (Wildman–Crippen MR) is 62.5 cm³/mol. The van der Waals surface area contributed by atoms with Gasteiger partial charge in [0.25, 0.3) is 5.91 Å². The minimum Gasteiger partial charge on any atom is -0.476 e. The van der Waals surface area contributed by atoms with Crippen LogP contribution in [0, 0.1) is 0 Å². The normalized spacial score (nSPS) is 10.2. The van der Waals surface area contributed by atoms with Crippen molar-refractivity contribution in [3.05, 3.63) is 16.1 Å². The Balaban J connectivity index is 2.58. The Bertz CT molecular complexity index is 405. The average Bonchev–Trinajstić information content (AvgIpc) is 2.77. The van der Waals surface area contributed by atoms with E-state index >= 15 is 0 Å². The monoisotopic (exact) mass is 258 g/mol. The van der Waals surface area contributed by atoms with Gasteiger partial charge in [0, 0.05) is 25.6 Å². The van der Waals surface area contributed by atoms with E-state index in [-0.39, 0.29) is 16.6 Å². The molecule has 0 fully saturated rings. The Labute approximate surface area is 103 Å². The van der Waals surface area contributed by atoms with Crippen LogP contribution in [-0.2, 0) is 4.74 Å². The third kappa shape index (κ3) is 3.79. The zero-order chi connectivity index (χ0) is 12.8. The second kappa shape index (κ2) is 6.31. The van der Waals surface area contributed by atoms with Crippen molar-refractivity contribution in [1.29, 1.82) is 0 Å². The summed E-state index contributed by atoms with van der Waals surface area (Å²) >= 11 is 1.03. The van der Waals surface area contributed by atoms with E-state index in [1.165, 1.54) is 10.3 Å². The van der Waals surface area contributed by atoms with Crippen molar-refractivity contribution in [2.24, 2.45) is 0 Å². The summed E-state index contributed by atoms with van der Waals surface area (Å²) in [4.78, 5) is 27.6. The standard InChI is InChI=1S/C10H14N2O4S/c1-3-16-5-4-12(2)9(13)8-11-7(6-17-8)10(14)15/h6H,3-5H2,1-2H3,(H,14,15). The van der Waals surface area contributed by atoms with E-state index in [0.29, 0.717) is 19.8 Å². The molecule has 1 heterocycles. The van der Waals surface area contributed by atoms with Crippen LogP contribution in [0.1, 0.15) is 27.2 Å². The van der Waals surface area contributed by atoms with E-state index in [1.807, 2.05) is 6.92 Å². The molecule has 1 N–H and O–H groups in total. The van der Waals surface area contributed by atoms with Crippen molar-refractivity contribution < 1.29 is 19.4 Å². The van der Waals surface area contributed by atoms with E-state index in [0.717, 1.165) is 11.3 Å². The quantitative estimate of drug-likeness (QED) is 0.768. The number of thiazole rings is 1. The fourth-order valence-electron chi connectivity index (χ4n) is 1.08. The van der Waals surface area contributed by atoms with E-state index in [1.54, 1.807) is 7.05 Å². The molecule has 94 valence electrons. The maximum atomic E-state index is 11.8. The summed E-state index contributed by atoms with van der Waals surface area (Å²) < 4.78 is 5.13. The van der Waals surface area contributed by atoms with Gasteiger partial charge in [-0.25, -0.2) is 9.78 Å². The van der Waals surface area contributed by atoms with Crippen molar-refractivity contribution in [2.45, 2.75) is 6.92 Å². The molecule has 0 unspecified atom stereocenters. The van der Waals surface area contributed by atoms with Gasteiger partial charge in [-0.15, -0.1) is 11.3 Å². The van der Waals surface area contributed by atoms with E-state index in [4.69, 9.17) is 9.84 Å². The maximum Gasteiger partial charge on any atom is 0.355 e. The van der Waals surface area contributed by atoms with Gasteiger partial charge in [0.05, 0.1) is 6.61 Å². The molecule has 17 heavy (non-hydrogen) atoms. The van der Waals surface area contributed by atoms with Gasteiger partial charge in [0.1, 0.15) is 0 Å². The first-order valence-electron chi connectivity index (χ1n) is 5.08. The topological polar surface area (TPSA) is 79.7 Å². The molecule has 1 rings (SSSR count). The van der Waals surface area contributed by atoms with Crippen molar-refractivity contribution in [2.75, 3.05) is 26.8 Å². The average molecular weight is 258 g/mol. The van der Waals surface area contributed by atoms with Crippen molar-refractivity contribution in [1.82, 2.24) is 9.88 Å². The van der Waals surface area contributed by atoms with Gasteiger partial charge in [0.15, 0.2) is 10.7 Å². The number of ether oxygens (including phenoxy) is 1. The van der Waals surface area contributed by atoms with Crippen molar-refractivity contribution >= 4 is 23.2 Å². The van der Waals surface area contributed by atoms with Crippen LogP contribution in [0.25, 0.3) is 0 Å².